The van der Waals surface area contributed by atoms with Crippen LogP contribution in [0.25, 0.3) is 0 Å². The zero-order valence-corrected chi connectivity index (χ0v) is 5.56. The second-order valence-electron chi connectivity index (χ2n) is 1.68. The molecule has 8 heavy (non-hydrogen) atoms. The number of rotatable bonds is 0. The molecule has 46 valence electrons. The van der Waals surface area contributed by atoms with E-state index in [4.69, 9.17) is 9.56 Å². The third-order valence-electron chi connectivity index (χ3n) is 0.981. The van der Waals surface area contributed by atoms with Crippen LogP contribution in [0, 0.1) is 0 Å². The molecule has 0 bridgehead atoms. The lowest BCUT2D eigenvalue weighted by Gasteiger charge is -2.00. The Kier molecular flexibility index (Phi) is 3.12. The highest BCUT2D eigenvalue weighted by atomic mass is 31.1. The highest BCUT2D eigenvalue weighted by Crippen LogP contribution is 2.06. The Balaban J connectivity index is 2.17. The van der Waals surface area contributed by atoms with Crippen molar-refractivity contribution >= 4 is 14.2 Å². The first-order valence-electron chi connectivity index (χ1n) is 2.80. The second-order valence-corrected chi connectivity index (χ2v) is 2.41. The van der Waals surface area contributed by atoms with Gasteiger partial charge in [-0.3, -0.25) is 0 Å². The van der Waals surface area contributed by atoms with Gasteiger partial charge < -0.3 is 0 Å². The van der Waals surface area contributed by atoms with E-state index in [0.29, 0.717) is 0 Å². The predicted octanol–water partition coefficient (Wildman–Crippen LogP) is 1.78. The summed E-state index contributed by atoms with van der Waals surface area (Å²) < 4.78 is 4.69. The van der Waals surface area contributed by atoms with Crippen LogP contribution in [0.4, 0.5) is 0 Å². The Morgan fingerprint density at radius 1 is 1.38 bits per heavy atom. The van der Waals surface area contributed by atoms with E-state index in [-0.39, 0.29) is 0 Å². The summed E-state index contributed by atoms with van der Waals surface area (Å²) >= 11 is 0. The minimum absolute atomic E-state index is 0.751. The molecule has 2 nitrogen and oxygen atoms in total. The van der Waals surface area contributed by atoms with Gasteiger partial charge in [0.15, 0.2) is 0 Å². The molecule has 0 aromatic rings. The highest BCUT2D eigenvalue weighted by molar-refractivity contribution is 7.32. The van der Waals surface area contributed by atoms with Gasteiger partial charge in [-0.15, -0.1) is 0 Å². The molecule has 0 amide bonds. The molecule has 0 saturated carbocycles. The van der Waals surface area contributed by atoms with Crippen molar-refractivity contribution in [2.75, 3.05) is 6.61 Å². The summed E-state index contributed by atoms with van der Waals surface area (Å²) in [5, 5.41) is 0. The largest absolute Gasteiger partial charge is 0.228 e. The van der Waals surface area contributed by atoms with E-state index >= 15 is 0 Å². The molecular weight excluding hydrogens is 123 g/mol. The van der Waals surface area contributed by atoms with Crippen molar-refractivity contribution in [2.24, 2.45) is 0 Å². The molecule has 0 atom stereocenters. The molecule has 1 rings (SSSR count). The fraction of sp³-hybridized carbons (Fsp3) is 0.800. The first-order chi connectivity index (χ1) is 4.00. The predicted molar refractivity (Wildman–Crippen MR) is 33.9 cm³/mol. The Hall–Kier alpha value is 0.0900. The zero-order chi connectivity index (χ0) is 5.66. The smallest absolute Gasteiger partial charge is 0.0948 e. The molecule has 1 heterocycles. The number of hydrogen-bond acceptors (Lipinski definition) is 2. The van der Waals surface area contributed by atoms with Crippen LogP contribution in [0.2, 0.25) is 0 Å². The topological polar surface area (TPSA) is 18.5 Å². The summed E-state index contributed by atoms with van der Waals surface area (Å²) in [6.07, 6.45) is 3.51. The van der Waals surface area contributed by atoms with Crippen molar-refractivity contribution in [1.29, 1.82) is 0 Å². The molecule has 0 fully saturated rings. The maximum atomic E-state index is 4.73. The molecule has 0 saturated heterocycles. The SMILES string of the molecule is C1=POOCCCC1. The third-order valence-corrected chi connectivity index (χ3v) is 1.58. The van der Waals surface area contributed by atoms with Crippen LogP contribution in [-0.4, -0.2) is 12.4 Å². The normalized spacial score (nSPS) is 24.0. The lowest BCUT2D eigenvalue weighted by molar-refractivity contribution is -0.194. The molecular formula is C5H9O2P. The molecule has 0 aromatic heterocycles. The summed E-state index contributed by atoms with van der Waals surface area (Å²) in [6, 6.07) is 0. The van der Waals surface area contributed by atoms with Gasteiger partial charge in [0.25, 0.3) is 0 Å². The van der Waals surface area contributed by atoms with Crippen LogP contribution < -0.4 is 0 Å². The summed E-state index contributed by atoms with van der Waals surface area (Å²) in [6.45, 7) is 0.751. The summed E-state index contributed by atoms with van der Waals surface area (Å²) in [5.41, 5.74) is 0. The Bertz CT molecular complexity index is 72.5. The standard InChI is InChI=1S/C5H9O2P/c1-2-4-6-7-8-5-3-1/h5H,1-4H2. The van der Waals surface area contributed by atoms with Gasteiger partial charge in [-0.1, -0.05) is 0 Å². The van der Waals surface area contributed by atoms with Gasteiger partial charge in [0.05, 0.1) is 15.0 Å². The van der Waals surface area contributed by atoms with Gasteiger partial charge in [0.1, 0.15) is 0 Å². The lowest BCUT2D eigenvalue weighted by Crippen LogP contribution is -1.92. The lowest BCUT2D eigenvalue weighted by atomic mass is 10.3. The Morgan fingerprint density at radius 2 is 2.38 bits per heavy atom. The molecule has 0 aliphatic carbocycles. The molecule has 1 aliphatic heterocycles. The van der Waals surface area contributed by atoms with Crippen molar-refractivity contribution in [1.82, 2.24) is 0 Å². The average molecular weight is 132 g/mol. The van der Waals surface area contributed by atoms with Crippen LogP contribution in [0.15, 0.2) is 0 Å². The molecule has 0 unspecified atom stereocenters. The van der Waals surface area contributed by atoms with Crippen LogP contribution >= 0.6 is 8.43 Å². The minimum atomic E-state index is 0.751. The number of hydrogen-bond donors (Lipinski definition) is 0. The maximum Gasteiger partial charge on any atom is 0.0948 e. The molecule has 0 N–H and O–H groups in total. The van der Waals surface area contributed by atoms with Crippen molar-refractivity contribution in [3.63, 3.8) is 0 Å². The molecule has 0 spiro atoms. The van der Waals surface area contributed by atoms with E-state index in [0.717, 1.165) is 27.9 Å². The fourth-order valence-corrected chi connectivity index (χ4v) is 1.03. The van der Waals surface area contributed by atoms with E-state index in [1.165, 1.54) is 6.42 Å². The van der Waals surface area contributed by atoms with Crippen molar-refractivity contribution in [2.45, 2.75) is 19.3 Å². The zero-order valence-electron chi connectivity index (χ0n) is 4.67. The van der Waals surface area contributed by atoms with Crippen LogP contribution in [-0.2, 0) is 9.56 Å². The van der Waals surface area contributed by atoms with Crippen molar-refractivity contribution in [3.8, 4) is 0 Å². The molecule has 0 radical (unpaired) electrons. The van der Waals surface area contributed by atoms with Gasteiger partial charge in [-0.25, -0.2) is 4.89 Å². The van der Waals surface area contributed by atoms with E-state index in [2.05, 4.69) is 5.80 Å². The second kappa shape index (κ2) is 4.02. The molecule has 1 aliphatic rings. The van der Waals surface area contributed by atoms with E-state index in [9.17, 15) is 0 Å². The van der Waals surface area contributed by atoms with Crippen LogP contribution in [0.1, 0.15) is 19.3 Å². The van der Waals surface area contributed by atoms with Gasteiger partial charge in [0, 0.05) is 0 Å². The fourth-order valence-electron chi connectivity index (χ4n) is 0.547. The molecule has 3 heteroatoms. The maximum absolute atomic E-state index is 4.73. The van der Waals surface area contributed by atoms with Crippen molar-refractivity contribution < 1.29 is 9.56 Å². The van der Waals surface area contributed by atoms with Gasteiger partial charge in [-0.2, -0.15) is 4.67 Å². The van der Waals surface area contributed by atoms with Crippen molar-refractivity contribution in [3.05, 3.63) is 0 Å². The van der Waals surface area contributed by atoms with Gasteiger partial charge in [-0.05, 0) is 25.1 Å². The summed E-state index contributed by atoms with van der Waals surface area (Å²) in [5.74, 6) is 2.07. The third kappa shape index (κ3) is 2.41. The minimum Gasteiger partial charge on any atom is -0.228 e. The Morgan fingerprint density at radius 3 is 3.38 bits per heavy atom. The summed E-state index contributed by atoms with van der Waals surface area (Å²) in [7, 11) is 0.862. The first kappa shape index (κ1) is 6.21. The monoisotopic (exact) mass is 132 g/mol. The first-order valence-corrected chi connectivity index (χ1v) is 3.69. The quantitative estimate of drug-likeness (QED) is 0.369. The summed E-state index contributed by atoms with van der Waals surface area (Å²) in [4.78, 5) is 4.73. The average Bonchev–Trinajstić information content (AvgIpc) is 1.62. The van der Waals surface area contributed by atoms with Gasteiger partial charge in [0.2, 0.25) is 0 Å². The van der Waals surface area contributed by atoms with E-state index in [1.54, 1.807) is 0 Å². The van der Waals surface area contributed by atoms with E-state index in [1.807, 2.05) is 0 Å². The highest BCUT2D eigenvalue weighted by Gasteiger charge is 1.90. The van der Waals surface area contributed by atoms with Crippen LogP contribution in [0.5, 0.6) is 0 Å². The van der Waals surface area contributed by atoms with Crippen LogP contribution in [0.3, 0.4) is 0 Å². The molecule has 0 aromatic carbocycles. The van der Waals surface area contributed by atoms with Gasteiger partial charge >= 0.3 is 0 Å². The Labute approximate surface area is 50.6 Å². The van der Waals surface area contributed by atoms with E-state index < -0.39 is 0 Å².